The fraction of sp³-hybridized carbons (Fsp3) is 0.812. The van der Waals surface area contributed by atoms with Crippen molar-refractivity contribution in [3.63, 3.8) is 0 Å². The summed E-state index contributed by atoms with van der Waals surface area (Å²) >= 11 is 6.37. The predicted octanol–water partition coefficient (Wildman–Crippen LogP) is 3.15. The van der Waals surface area contributed by atoms with Crippen LogP contribution in [0.1, 0.15) is 51.8 Å². The van der Waals surface area contributed by atoms with E-state index in [1.165, 1.54) is 0 Å². The minimum atomic E-state index is 0.0229. The van der Waals surface area contributed by atoms with E-state index in [1.54, 1.807) is 4.68 Å². The summed E-state index contributed by atoms with van der Waals surface area (Å²) in [6.07, 6.45) is 2.86. The Hall–Kier alpha value is -0.580. The normalized spacial score (nSPS) is 14.0. The average molecular weight is 315 g/mol. The number of nitrogens with zero attached hydrogens (tertiary/aromatic N) is 3. The zero-order valence-electron chi connectivity index (χ0n) is 14.4. The molecule has 0 radical (unpaired) electrons. The largest absolute Gasteiger partial charge is 0.326 e. The molecule has 1 aromatic heterocycles. The number of aryl methyl sites for hydroxylation is 2. The van der Waals surface area contributed by atoms with E-state index < -0.39 is 0 Å². The maximum atomic E-state index is 6.67. The first-order valence-corrected chi connectivity index (χ1v) is 8.44. The summed E-state index contributed by atoms with van der Waals surface area (Å²) in [5.74, 6) is 0. The first kappa shape index (κ1) is 18.5. The molecule has 0 fully saturated rings. The number of nitrogens with two attached hydrogens (primary N) is 1. The zero-order chi connectivity index (χ0) is 16.2. The molecule has 0 saturated carbocycles. The van der Waals surface area contributed by atoms with E-state index in [9.17, 15) is 0 Å². The molecule has 1 unspecified atom stereocenters. The van der Waals surface area contributed by atoms with Crippen molar-refractivity contribution in [1.82, 2.24) is 14.7 Å². The Morgan fingerprint density at radius 2 is 1.76 bits per heavy atom. The molecule has 0 spiro atoms. The molecule has 0 aromatic carbocycles. The molecule has 0 amide bonds. The third-order valence-electron chi connectivity index (χ3n) is 5.00. The number of hydrogen-bond acceptors (Lipinski definition) is 3. The van der Waals surface area contributed by atoms with E-state index in [-0.39, 0.29) is 11.6 Å². The summed E-state index contributed by atoms with van der Waals surface area (Å²) in [6, 6.07) is 0.0489. The van der Waals surface area contributed by atoms with Gasteiger partial charge in [0.1, 0.15) is 5.15 Å². The molecule has 1 atom stereocenters. The third-order valence-corrected chi connectivity index (χ3v) is 5.47. The summed E-state index contributed by atoms with van der Waals surface area (Å²) in [5.41, 5.74) is 8.76. The second-order valence-corrected chi connectivity index (χ2v) is 6.13. The third kappa shape index (κ3) is 3.43. The lowest BCUT2D eigenvalue weighted by atomic mass is 9.80. The number of hydrogen-bond donors (Lipinski definition) is 1. The maximum absolute atomic E-state index is 6.67. The first-order valence-electron chi connectivity index (χ1n) is 8.06. The molecule has 0 saturated heterocycles. The number of aromatic nitrogens is 2. The van der Waals surface area contributed by atoms with Gasteiger partial charge in [-0.3, -0.25) is 9.58 Å². The first-order chi connectivity index (χ1) is 9.87. The highest BCUT2D eigenvalue weighted by Gasteiger charge is 2.38. The van der Waals surface area contributed by atoms with E-state index in [0.717, 1.165) is 43.6 Å². The molecule has 4 nitrogen and oxygen atoms in total. The number of rotatable bonds is 8. The standard InChI is InChI=1S/C16H31ClN4/c1-7-16(8-2,21(9-3)10-4)14(18)11-13-12(5)19-20(6)15(13)17/h14H,7-11,18H2,1-6H3. The molecule has 1 rings (SSSR count). The monoisotopic (exact) mass is 314 g/mol. The quantitative estimate of drug-likeness (QED) is 0.802. The van der Waals surface area contributed by atoms with Gasteiger partial charge in [0.25, 0.3) is 0 Å². The van der Waals surface area contributed by atoms with Crippen LogP contribution >= 0.6 is 11.6 Å². The molecule has 0 bridgehead atoms. The lowest BCUT2D eigenvalue weighted by molar-refractivity contribution is 0.0628. The van der Waals surface area contributed by atoms with E-state index in [2.05, 4.69) is 37.7 Å². The van der Waals surface area contributed by atoms with Crippen molar-refractivity contribution in [2.75, 3.05) is 13.1 Å². The fourth-order valence-electron chi connectivity index (χ4n) is 3.63. The minimum Gasteiger partial charge on any atom is -0.326 e. The van der Waals surface area contributed by atoms with Gasteiger partial charge in [-0.05, 0) is 39.3 Å². The Kier molecular flexibility index (Phi) is 6.70. The van der Waals surface area contributed by atoms with Crippen LogP contribution in [0.15, 0.2) is 0 Å². The highest BCUT2D eigenvalue weighted by atomic mass is 35.5. The van der Waals surface area contributed by atoms with Gasteiger partial charge >= 0.3 is 0 Å². The van der Waals surface area contributed by atoms with Crippen molar-refractivity contribution in [2.24, 2.45) is 12.8 Å². The molecule has 2 N–H and O–H groups in total. The summed E-state index contributed by atoms with van der Waals surface area (Å²) in [4.78, 5) is 2.50. The van der Waals surface area contributed by atoms with Gasteiger partial charge in [0.2, 0.25) is 0 Å². The van der Waals surface area contributed by atoms with Crippen LogP contribution in [0, 0.1) is 6.92 Å². The summed E-state index contributed by atoms with van der Waals surface area (Å²) < 4.78 is 1.73. The Bertz CT molecular complexity index is 447. The number of likely N-dealkylation sites (N-methyl/N-ethyl adjacent to an activating group) is 1. The van der Waals surface area contributed by atoms with E-state index >= 15 is 0 Å². The van der Waals surface area contributed by atoms with Crippen LogP contribution in [0.5, 0.6) is 0 Å². The Morgan fingerprint density at radius 3 is 2.10 bits per heavy atom. The topological polar surface area (TPSA) is 47.1 Å². The van der Waals surface area contributed by atoms with Gasteiger partial charge in [-0.15, -0.1) is 0 Å². The van der Waals surface area contributed by atoms with Crippen LogP contribution in [0.2, 0.25) is 5.15 Å². The second kappa shape index (κ2) is 7.61. The Balaban J connectivity index is 3.09. The molecular weight excluding hydrogens is 284 g/mol. The van der Waals surface area contributed by atoms with Crippen LogP contribution < -0.4 is 5.73 Å². The van der Waals surface area contributed by atoms with Crippen LogP contribution in [0.25, 0.3) is 0 Å². The van der Waals surface area contributed by atoms with Crippen molar-refractivity contribution in [3.05, 3.63) is 16.4 Å². The van der Waals surface area contributed by atoms with Crippen LogP contribution in [-0.2, 0) is 13.5 Å². The molecular formula is C16H31ClN4. The summed E-state index contributed by atoms with van der Waals surface area (Å²) in [6.45, 7) is 12.9. The fourth-order valence-corrected chi connectivity index (χ4v) is 3.88. The second-order valence-electron chi connectivity index (χ2n) is 5.77. The van der Waals surface area contributed by atoms with Crippen molar-refractivity contribution < 1.29 is 0 Å². The SMILES string of the molecule is CCN(CC)C(CC)(CC)C(N)Cc1c(C)nn(C)c1Cl. The van der Waals surface area contributed by atoms with Gasteiger partial charge < -0.3 is 5.73 Å². The zero-order valence-corrected chi connectivity index (χ0v) is 15.2. The van der Waals surface area contributed by atoms with Crippen molar-refractivity contribution in [1.29, 1.82) is 0 Å². The highest BCUT2D eigenvalue weighted by Crippen LogP contribution is 2.31. The Labute approximate surface area is 134 Å². The molecule has 1 aromatic rings. The van der Waals surface area contributed by atoms with Gasteiger partial charge in [-0.2, -0.15) is 5.10 Å². The van der Waals surface area contributed by atoms with Crippen molar-refractivity contribution >= 4 is 11.6 Å². The molecule has 0 aliphatic rings. The number of halogens is 1. The van der Waals surface area contributed by atoms with E-state index in [1.807, 2.05) is 14.0 Å². The minimum absolute atomic E-state index is 0.0229. The van der Waals surface area contributed by atoms with Crippen LogP contribution in [0.4, 0.5) is 0 Å². The van der Waals surface area contributed by atoms with Gasteiger partial charge in [-0.1, -0.05) is 39.3 Å². The molecule has 1 heterocycles. The van der Waals surface area contributed by atoms with Gasteiger partial charge in [-0.25, -0.2) is 0 Å². The summed E-state index contributed by atoms with van der Waals surface area (Å²) in [7, 11) is 1.88. The van der Waals surface area contributed by atoms with E-state index in [4.69, 9.17) is 17.3 Å². The van der Waals surface area contributed by atoms with Crippen LogP contribution in [-0.4, -0.2) is 39.4 Å². The maximum Gasteiger partial charge on any atom is 0.130 e. The van der Waals surface area contributed by atoms with Crippen LogP contribution in [0.3, 0.4) is 0 Å². The highest BCUT2D eigenvalue weighted by molar-refractivity contribution is 6.30. The van der Waals surface area contributed by atoms with E-state index in [0.29, 0.717) is 5.15 Å². The van der Waals surface area contributed by atoms with Crippen molar-refractivity contribution in [3.8, 4) is 0 Å². The average Bonchev–Trinajstić information content (AvgIpc) is 2.71. The summed E-state index contributed by atoms with van der Waals surface area (Å²) in [5, 5.41) is 5.11. The lowest BCUT2D eigenvalue weighted by Crippen LogP contribution is -2.60. The molecule has 0 aliphatic heterocycles. The van der Waals surface area contributed by atoms with Gasteiger partial charge in [0.05, 0.1) is 5.69 Å². The van der Waals surface area contributed by atoms with Crippen molar-refractivity contribution in [2.45, 2.75) is 65.5 Å². The molecule has 21 heavy (non-hydrogen) atoms. The predicted molar refractivity (Wildman–Crippen MR) is 90.9 cm³/mol. The Morgan fingerprint density at radius 1 is 1.24 bits per heavy atom. The smallest absolute Gasteiger partial charge is 0.130 e. The van der Waals surface area contributed by atoms with Gasteiger partial charge in [0, 0.05) is 24.2 Å². The lowest BCUT2D eigenvalue weighted by Gasteiger charge is -2.46. The van der Waals surface area contributed by atoms with Gasteiger partial charge in [0.15, 0.2) is 0 Å². The molecule has 0 aliphatic carbocycles. The molecule has 5 heteroatoms. The molecule has 122 valence electrons.